The number of Topliss-reactive ketones (excluding diaryl/α,β-unsaturated/α-hetero) is 1. The third kappa shape index (κ3) is 1.65. The molecule has 0 radical (unpaired) electrons. The van der Waals surface area contributed by atoms with Gasteiger partial charge in [-0.25, -0.2) is 0 Å². The monoisotopic (exact) mass is 188 g/mol. The van der Waals surface area contributed by atoms with Crippen molar-refractivity contribution in [3.05, 3.63) is 22.3 Å². The van der Waals surface area contributed by atoms with Gasteiger partial charge in [-0.1, -0.05) is 12.8 Å². The quantitative estimate of drug-likeness (QED) is 0.609. The molecule has 1 aliphatic carbocycles. The van der Waals surface area contributed by atoms with E-state index < -0.39 is 0 Å². The molecule has 0 atom stereocenters. The molecule has 0 bridgehead atoms. The lowest BCUT2D eigenvalue weighted by atomic mass is 10.0. The van der Waals surface area contributed by atoms with Gasteiger partial charge in [-0.05, 0) is 38.3 Å². The lowest BCUT2D eigenvalue weighted by Gasteiger charge is -2.03. The second-order valence-electron chi connectivity index (χ2n) is 3.49. The van der Waals surface area contributed by atoms with Crippen molar-refractivity contribution in [2.75, 3.05) is 0 Å². The van der Waals surface area contributed by atoms with Crippen molar-refractivity contribution in [2.24, 2.45) is 0 Å². The van der Waals surface area contributed by atoms with Gasteiger partial charge in [-0.3, -0.25) is 4.79 Å². The van der Waals surface area contributed by atoms with Crippen LogP contribution in [-0.2, 0) is 4.79 Å². The Bertz CT molecular complexity index is 383. The van der Waals surface area contributed by atoms with Crippen LogP contribution in [0.1, 0.15) is 40.5 Å². The summed E-state index contributed by atoms with van der Waals surface area (Å²) in [5, 5.41) is 0. The van der Waals surface area contributed by atoms with E-state index in [1.807, 2.05) is 20.8 Å². The summed E-state index contributed by atoms with van der Waals surface area (Å²) >= 11 is 0. The van der Waals surface area contributed by atoms with Crippen LogP contribution in [-0.4, -0.2) is 5.78 Å². The fraction of sp³-hybridized carbons (Fsp3) is 0.462. The highest BCUT2D eigenvalue weighted by Crippen LogP contribution is 2.32. The van der Waals surface area contributed by atoms with Gasteiger partial charge in [0.2, 0.25) is 0 Å². The van der Waals surface area contributed by atoms with Gasteiger partial charge < -0.3 is 0 Å². The number of allylic oxidation sites excluding steroid dienone is 4. The summed E-state index contributed by atoms with van der Waals surface area (Å²) in [6.45, 7) is 7.73. The molecular weight excluding hydrogens is 172 g/mol. The summed E-state index contributed by atoms with van der Waals surface area (Å²) in [4.78, 5) is 11.7. The van der Waals surface area contributed by atoms with Crippen LogP contribution in [0.5, 0.6) is 0 Å². The summed E-state index contributed by atoms with van der Waals surface area (Å²) in [7, 11) is 0. The van der Waals surface area contributed by atoms with Crippen LogP contribution >= 0.6 is 0 Å². The van der Waals surface area contributed by atoms with E-state index in [9.17, 15) is 4.79 Å². The van der Waals surface area contributed by atoms with Crippen LogP contribution < -0.4 is 0 Å². The third-order valence-corrected chi connectivity index (χ3v) is 2.75. The average molecular weight is 188 g/mol. The SMILES string of the molecule is CC#CCC1=C(C)C(=O)C(C)=C1CC. The topological polar surface area (TPSA) is 17.1 Å². The lowest BCUT2D eigenvalue weighted by molar-refractivity contribution is -0.112. The van der Waals surface area contributed by atoms with E-state index in [1.165, 1.54) is 5.57 Å². The van der Waals surface area contributed by atoms with Gasteiger partial charge in [0.1, 0.15) is 0 Å². The lowest BCUT2D eigenvalue weighted by Crippen LogP contribution is -1.95. The molecule has 1 rings (SSSR count). The maximum atomic E-state index is 11.7. The Kier molecular flexibility index (Phi) is 3.30. The molecule has 0 aromatic carbocycles. The van der Waals surface area contributed by atoms with E-state index in [0.29, 0.717) is 6.42 Å². The van der Waals surface area contributed by atoms with Gasteiger partial charge in [0.25, 0.3) is 0 Å². The summed E-state index contributed by atoms with van der Waals surface area (Å²) in [6, 6.07) is 0. The molecule has 14 heavy (non-hydrogen) atoms. The highest BCUT2D eigenvalue weighted by Gasteiger charge is 2.24. The maximum Gasteiger partial charge on any atom is 0.185 e. The molecule has 0 spiro atoms. The van der Waals surface area contributed by atoms with Gasteiger partial charge in [0.15, 0.2) is 5.78 Å². The van der Waals surface area contributed by atoms with Gasteiger partial charge in [0.05, 0.1) is 0 Å². The second-order valence-corrected chi connectivity index (χ2v) is 3.49. The molecule has 0 N–H and O–H groups in total. The first-order valence-corrected chi connectivity index (χ1v) is 4.97. The van der Waals surface area contributed by atoms with Crippen LogP contribution in [0.15, 0.2) is 22.3 Å². The van der Waals surface area contributed by atoms with E-state index in [2.05, 4.69) is 18.8 Å². The zero-order valence-corrected chi connectivity index (χ0v) is 9.32. The molecule has 1 nitrogen and oxygen atoms in total. The number of ketones is 1. The second kappa shape index (κ2) is 4.28. The molecule has 0 heterocycles. The molecule has 0 aliphatic heterocycles. The van der Waals surface area contributed by atoms with Crippen LogP contribution in [0.25, 0.3) is 0 Å². The van der Waals surface area contributed by atoms with Crippen molar-refractivity contribution in [3.63, 3.8) is 0 Å². The summed E-state index contributed by atoms with van der Waals surface area (Å²) in [5.74, 6) is 6.11. The van der Waals surface area contributed by atoms with Crippen molar-refractivity contribution in [1.82, 2.24) is 0 Å². The van der Waals surface area contributed by atoms with Gasteiger partial charge >= 0.3 is 0 Å². The van der Waals surface area contributed by atoms with Gasteiger partial charge in [0, 0.05) is 17.6 Å². The zero-order chi connectivity index (χ0) is 10.7. The largest absolute Gasteiger partial charge is 0.289 e. The number of rotatable bonds is 2. The molecule has 0 aromatic rings. The van der Waals surface area contributed by atoms with Gasteiger partial charge in [-0.2, -0.15) is 0 Å². The molecule has 0 saturated carbocycles. The van der Waals surface area contributed by atoms with Crippen LogP contribution in [0, 0.1) is 11.8 Å². The molecule has 0 amide bonds. The van der Waals surface area contributed by atoms with Crippen LogP contribution in [0.2, 0.25) is 0 Å². The molecule has 0 fully saturated rings. The molecular formula is C13H16O. The Morgan fingerprint density at radius 3 is 2.21 bits per heavy atom. The highest BCUT2D eigenvalue weighted by atomic mass is 16.1. The summed E-state index contributed by atoms with van der Waals surface area (Å²) in [5.41, 5.74) is 4.17. The first-order valence-electron chi connectivity index (χ1n) is 4.97. The first kappa shape index (κ1) is 10.8. The van der Waals surface area contributed by atoms with E-state index in [0.717, 1.165) is 23.1 Å². The Hall–Kier alpha value is -1.29. The fourth-order valence-corrected chi connectivity index (χ4v) is 1.90. The van der Waals surface area contributed by atoms with E-state index in [4.69, 9.17) is 0 Å². The van der Waals surface area contributed by atoms with Crippen molar-refractivity contribution in [1.29, 1.82) is 0 Å². The fourth-order valence-electron chi connectivity index (χ4n) is 1.90. The maximum absolute atomic E-state index is 11.7. The Morgan fingerprint density at radius 1 is 1.14 bits per heavy atom. The standard InChI is InChI=1S/C13H16O/c1-5-7-8-12-10(4)13(14)9(3)11(12)6-2/h6,8H2,1-4H3. The number of hydrogen-bond acceptors (Lipinski definition) is 1. The molecule has 1 aliphatic rings. The Labute approximate surface area is 85.9 Å². The molecule has 1 heteroatoms. The van der Waals surface area contributed by atoms with Gasteiger partial charge in [-0.15, -0.1) is 5.92 Å². The van der Waals surface area contributed by atoms with Crippen molar-refractivity contribution in [2.45, 2.75) is 40.5 Å². The minimum absolute atomic E-state index is 0.203. The van der Waals surface area contributed by atoms with Crippen LogP contribution in [0.4, 0.5) is 0 Å². The summed E-state index contributed by atoms with van der Waals surface area (Å²) < 4.78 is 0. The van der Waals surface area contributed by atoms with E-state index in [-0.39, 0.29) is 5.78 Å². The van der Waals surface area contributed by atoms with Crippen molar-refractivity contribution in [3.8, 4) is 11.8 Å². The normalized spacial score (nSPS) is 16.1. The Balaban J connectivity index is 3.10. The smallest absolute Gasteiger partial charge is 0.185 e. The first-order chi connectivity index (χ1) is 6.63. The molecule has 0 aromatic heterocycles. The van der Waals surface area contributed by atoms with E-state index >= 15 is 0 Å². The predicted molar refractivity (Wildman–Crippen MR) is 58.8 cm³/mol. The molecule has 0 unspecified atom stereocenters. The minimum atomic E-state index is 0.203. The highest BCUT2D eigenvalue weighted by molar-refractivity contribution is 6.12. The number of carbonyl (C=O) groups is 1. The zero-order valence-electron chi connectivity index (χ0n) is 9.32. The number of hydrogen-bond donors (Lipinski definition) is 0. The predicted octanol–water partition coefficient (Wildman–Crippen LogP) is 3.03. The Morgan fingerprint density at radius 2 is 1.71 bits per heavy atom. The van der Waals surface area contributed by atoms with Crippen molar-refractivity contribution >= 4 is 5.78 Å². The van der Waals surface area contributed by atoms with E-state index in [1.54, 1.807) is 0 Å². The minimum Gasteiger partial charge on any atom is -0.289 e. The average Bonchev–Trinajstić information content (AvgIpc) is 2.39. The molecule has 74 valence electrons. The number of carbonyl (C=O) groups excluding carboxylic acids is 1. The summed E-state index contributed by atoms with van der Waals surface area (Å²) in [6.07, 6.45) is 1.64. The third-order valence-electron chi connectivity index (χ3n) is 2.75. The molecule has 0 saturated heterocycles. The van der Waals surface area contributed by atoms with Crippen molar-refractivity contribution < 1.29 is 4.79 Å². The van der Waals surface area contributed by atoms with Crippen LogP contribution in [0.3, 0.4) is 0 Å².